The van der Waals surface area contributed by atoms with Crippen molar-refractivity contribution in [2.75, 3.05) is 7.05 Å². The van der Waals surface area contributed by atoms with Crippen LogP contribution in [0.4, 0.5) is 4.79 Å². The van der Waals surface area contributed by atoms with Gasteiger partial charge < -0.3 is 10.1 Å². The van der Waals surface area contributed by atoms with Gasteiger partial charge in [-0.3, -0.25) is 0 Å². The van der Waals surface area contributed by atoms with E-state index in [9.17, 15) is 4.79 Å². The summed E-state index contributed by atoms with van der Waals surface area (Å²) in [5.41, 5.74) is 1.00. The van der Waals surface area contributed by atoms with Gasteiger partial charge in [0.25, 0.3) is 0 Å². The third kappa shape index (κ3) is 2.77. The summed E-state index contributed by atoms with van der Waals surface area (Å²) in [6, 6.07) is 3.71. The Morgan fingerprint density at radius 3 is 3.00 bits per heavy atom. The van der Waals surface area contributed by atoms with Crippen molar-refractivity contribution in [3.63, 3.8) is 0 Å². The summed E-state index contributed by atoms with van der Waals surface area (Å²) in [6.45, 7) is 3.69. The molecule has 0 fully saturated rings. The van der Waals surface area contributed by atoms with Crippen molar-refractivity contribution in [2.45, 2.75) is 25.9 Å². The van der Waals surface area contributed by atoms with Crippen molar-refractivity contribution >= 4 is 11.7 Å². The van der Waals surface area contributed by atoms with Crippen molar-refractivity contribution in [1.82, 2.24) is 19.9 Å². The van der Waals surface area contributed by atoms with Gasteiger partial charge in [-0.05, 0) is 26.0 Å². The molecule has 0 bridgehead atoms. The van der Waals surface area contributed by atoms with Gasteiger partial charge in [0, 0.05) is 19.7 Å². The van der Waals surface area contributed by atoms with E-state index in [2.05, 4.69) is 15.4 Å². The van der Waals surface area contributed by atoms with E-state index >= 15 is 0 Å². The highest BCUT2D eigenvalue weighted by molar-refractivity contribution is 5.67. The normalized spacial score (nSPS) is 11.5. The maximum Gasteiger partial charge on any atom is 0.407 e. The number of hydrogen-bond acceptors (Lipinski definition) is 4. The first-order valence-electron chi connectivity index (χ1n) is 5.70. The van der Waals surface area contributed by atoms with Crippen LogP contribution in [-0.4, -0.2) is 33.3 Å². The summed E-state index contributed by atoms with van der Waals surface area (Å²) in [5, 5.41) is 6.58. The number of aromatic nitrogens is 3. The number of rotatable bonds is 3. The molecule has 96 valence electrons. The quantitative estimate of drug-likeness (QED) is 0.891. The molecule has 6 nitrogen and oxygen atoms in total. The Balaban J connectivity index is 2.15. The van der Waals surface area contributed by atoms with Crippen molar-refractivity contribution in [3.05, 3.63) is 30.2 Å². The molecule has 2 heterocycles. The standard InChI is InChI=1S/C12H16N4O2/c1-12(2,18-11(17)13-3)7-9-8-16-10(15-9)5-4-6-14-16/h4-6,8H,7H2,1-3H3,(H,13,17). The average molecular weight is 248 g/mol. The Morgan fingerprint density at radius 1 is 1.56 bits per heavy atom. The first kappa shape index (κ1) is 12.3. The Hall–Kier alpha value is -2.11. The van der Waals surface area contributed by atoms with Crippen molar-refractivity contribution in [1.29, 1.82) is 0 Å². The fourth-order valence-corrected chi connectivity index (χ4v) is 1.74. The third-order valence-electron chi connectivity index (χ3n) is 2.47. The van der Waals surface area contributed by atoms with E-state index in [1.165, 1.54) is 7.05 Å². The number of fused-ring (bicyclic) bond motifs is 1. The van der Waals surface area contributed by atoms with Crippen LogP contribution < -0.4 is 5.32 Å². The lowest BCUT2D eigenvalue weighted by Gasteiger charge is -2.23. The topological polar surface area (TPSA) is 68.5 Å². The van der Waals surface area contributed by atoms with Crippen LogP contribution in [0.2, 0.25) is 0 Å². The summed E-state index contributed by atoms with van der Waals surface area (Å²) >= 11 is 0. The van der Waals surface area contributed by atoms with Crippen LogP contribution >= 0.6 is 0 Å². The van der Waals surface area contributed by atoms with Gasteiger partial charge >= 0.3 is 6.09 Å². The van der Waals surface area contributed by atoms with Crippen LogP contribution in [0.25, 0.3) is 5.65 Å². The molecular formula is C12H16N4O2. The van der Waals surface area contributed by atoms with Gasteiger partial charge in [-0.15, -0.1) is 0 Å². The predicted molar refractivity (Wildman–Crippen MR) is 66.3 cm³/mol. The first-order chi connectivity index (χ1) is 8.50. The number of carbonyl (C=O) groups excluding carboxylic acids is 1. The van der Waals surface area contributed by atoms with Crippen LogP contribution in [0.15, 0.2) is 24.5 Å². The summed E-state index contributed by atoms with van der Waals surface area (Å²) < 4.78 is 6.97. The summed E-state index contributed by atoms with van der Waals surface area (Å²) in [5.74, 6) is 0. The highest BCUT2D eigenvalue weighted by atomic mass is 16.6. The van der Waals surface area contributed by atoms with Crippen LogP contribution in [0.5, 0.6) is 0 Å². The second kappa shape index (κ2) is 4.64. The fourth-order valence-electron chi connectivity index (χ4n) is 1.74. The Labute approximate surface area is 105 Å². The number of ether oxygens (including phenoxy) is 1. The molecule has 0 saturated heterocycles. The smallest absolute Gasteiger partial charge is 0.407 e. The number of hydrogen-bond donors (Lipinski definition) is 1. The molecule has 0 aliphatic heterocycles. The van der Waals surface area contributed by atoms with Crippen LogP contribution in [0.3, 0.4) is 0 Å². The first-order valence-corrected chi connectivity index (χ1v) is 5.70. The minimum Gasteiger partial charge on any atom is -0.443 e. The van der Waals surface area contributed by atoms with Gasteiger partial charge in [-0.25, -0.2) is 14.3 Å². The van der Waals surface area contributed by atoms with E-state index in [0.717, 1.165) is 11.3 Å². The molecule has 2 aromatic heterocycles. The monoisotopic (exact) mass is 248 g/mol. The second-order valence-corrected chi connectivity index (χ2v) is 4.63. The number of carbonyl (C=O) groups is 1. The molecule has 1 N–H and O–H groups in total. The molecule has 0 aliphatic carbocycles. The van der Waals surface area contributed by atoms with Crippen molar-refractivity contribution < 1.29 is 9.53 Å². The Kier molecular flexibility index (Phi) is 3.18. The number of nitrogens with one attached hydrogen (secondary N) is 1. The lowest BCUT2D eigenvalue weighted by atomic mass is 10.0. The zero-order valence-corrected chi connectivity index (χ0v) is 10.7. The van der Waals surface area contributed by atoms with Crippen LogP contribution in [0.1, 0.15) is 19.5 Å². The van der Waals surface area contributed by atoms with E-state index in [4.69, 9.17) is 4.74 Å². The van der Waals surface area contributed by atoms with Gasteiger partial charge in [0.2, 0.25) is 0 Å². The van der Waals surface area contributed by atoms with E-state index < -0.39 is 11.7 Å². The fraction of sp³-hybridized carbons (Fsp3) is 0.417. The van der Waals surface area contributed by atoms with Crippen LogP contribution in [0, 0.1) is 0 Å². The number of alkyl carbamates (subject to hydrolysis) is 1. The molecule has 0 aliphatic rings. The largest absolute Gasteiger partial charge is 0.443 e. The van der Waals surface area contributed by atoms with Crippen molar-refractivity contribution in [3.8, 4) is 0 Å². The van der Waals surface area contributed by atoms with E-state index in [-0.39, 0.29) is 0 Å². The Bertz CT molecular complexity index is 529. The zero-order valence-electron chi connectivity index (χ0n) is 10.7. The maximum atomic E-state index is 11.2. The summed E-state index contributed by atoms with van der Waals surface area (Å²) in [6.07, 6.45) is 3.63. The molecule has 0 unspecified atom stereocenters. The minimum absolute atomic E-state index is 0.443. The lowest BCUT2D eigenvalue weighted by molar-refractivity contribution is 0.0400. The summed E-state index contributed by atoms with van der Waals surface area (Å²) in [4.78, 5) is 15.6. The number of nitrogens with zero attached hydrogens (tertiary/aromatic N) is 3. The van der Waals surface area contributed by atoms with Crippen molar-refractivity contribution in [2.24, 2.45) is 0 Å². The molecule has 6 heteroatoms. The number of amides is 1. The second-order valence-electron chi connectivity index (χ2n) is 4.63. The molecule has 1 amide bonds. The van der Waals surface area contributed by atoms with Gasteiger partial charge in [0.05, 0.1) is 11.9 Å². The molecule has 0 radical (unpaired) electrons. The maximum absolute atomic E-state index is 11.2. The van der Waals surface area contributed by atoms with E-state index in [1.54, 1.807) is 10.7 Å². The molecular weight excluding hydrogens is 232 g/mol. The Morgan fingerprint density at radius 2 is 2.33 bits per heavy atom. The minimum atomic E-state index is -0.613. The SMILES string of the molecule is CNC(=O)OC(C)(C)Cc1cn2ncccc2n1. The van der Waals surface area contributed by atoms with Gasteiger partial charge in [-0.2, -0.15) is 5.10 Å². The lowest BCUT2D eigenvalue weighted by Crippen LogP contribution is -2.34. The van der Waals surface area contributed by atoms with Gasteiger partial charge in [0.15, 0.2) is 5.65 Å². The highest BCUT2D eigenvalue weighted by Gasteiger charge is 2.24. The predicted octanol–water partition coefficient (Wildman–Crippen LogP) is 1.41. The molecule has 18 heavy (non-hydrogen) atoms. The molecule has 0 atom stereocenters. The average Bonchev–Trinajstić information content (AvgIpc) is 2.68. The third-order valence-corrected chi connectivity index (χ3v) is 2.47. The molecule has 0 spiro atoms. The molecule has 2 aromatic rings. The van der Waals surface area contributed by atoms with Gasteiger partial charge in [0.1, 0.15) is 5.60 Å². The summed E-state index contributed by atoms with van der Waals surface area (Å²) in [7, 11) is 1.53. The van der Waals surface area contributed by atoms with Gasteiger partial charge in [-0.1, -0.05) is 0 Å². The van der Waals surface area contributed by atoms with Crippen LogP contribution in [-0.2, 0) is 11.2 Å². The highest BCUT2D eigenvalue weighted by Crippen LogP contribution is 2.17. The zero-order chi connectivity index (χ0) is 13.2. The van der Waals surface area contributed by atoms with E-state index in [1.807, 2.05) is 32.2 Å². The number of imidazole rings is 1. The molecule has 0 aromatic carbocycles. The van der Waals surface area contributed by atoms with E-state index in [0.29, 0.717) is 6.42 Å². The molecule has 0 saturated carbocycles. The molecule has 2 rings (SSSR count).